The van der Waals surface area contributed by atoms with Crippen molar-refractivity contribution in [2.75, 3.05) is 6.61 Å². The summed E-state index contributed by atoms with van der Waals surface area (Å²) in [5, 5.41) is 0. The summed E-state index contributed by atoms with van der Waals surface area (Å²) in [5.41, 5.74) is 2.66. The zero-order chi connectivity index (χ0) is 27.9. The molecule has 0 heterocycles. The number of para-hydroxylation sites is 1. The molecule has 39 heavy (non-hydrogen) atoms. The van der Waals surface area contributed by atoms with Gasteiger partial charge in [0, 0.05) is 0 Å². The molecule has 0 aliphatic heterocycles. The molecule has 0 radical (unpaired) electrons. The Balaban J connectivity index is 1.54. The summed E-state index contributed by atoms with van der Waals surface area (Å²) < 4.78 is 17.0. The molecule has 0 bridgehead atoms. The maximum atomic E-state index is 12.9. The Morgan fingerprint density at radius 2 is 1.31 bits per heavy atom. The van der Waals surface area contributed by atoms with Gasteiger partial charge in [-0.15, -0.1) is 0 Å². The van der Waals surface area contributed by atoms with Gasteiger partial charge in [0.2, 0.25) is 0 Å². The number of rotatable bonds is 16. The molecule has 0 fully saturated rings. The molecule has 1 unspecified atom stereocenters. The molecule has 5 nitrogen and oxygen atoms in total. The van der Waals surface area contributed by atoms with Crippen LogP contribution in [0.15, 0.2) is 72.8 Å². The van der Waals surface area contributed by atoms with Gasteiger partial charge in [-0.3, -0.25) is 0 Å². The van der Waals surface area contributed by atoms with E-state index in [1.54, 1.807) is 36.4 Å². The van der Waals surface area contributed by atoms with Crippen molar-refractivity contribution < 1.29 is 23.8 Å². The van der Waals surface area contributed by atoms with Crippen molar-refractivity contribution in [2.45, 2.75) is 84.7 Å². The lowest BCUT2D eigenvalue weighted by Crippen LogP contribution is -2.17. The van der Waals surface area contributed by atoms with Gasteiger partial charge in [0.15, 0.2) is 0 Å². The van der Waals surface area contributed by atoms with Crippen LogP contribution in [0, 0.1) is 0 Å². The highest BCUT2D eigenvalue weighted by molar-refractivity contribution is 5.96. The van der Waals surface area contributed by atoms with Crippen molar-refractivity contribution in [3.8, 4) is 22.6 Å². The Kier molecular flexibility index (Phi) is 12.6. The van der Waals surface area contributed by atoms with E-state index in [1.165, 1.54) is 32.1 Å². The van der Waals surface area contributed by atoms with Crippen molar-refractivity contribution in [1.82, 2.24) is 0 Å². The maximum absolute atomic E-state index is 12.9. The van der Waals surface area contributed by atoms with Crippen molar-refractivity contribution in [1.29, 1.82) is 0 Å². The van der Waals surface area contributed by atoms with Crippen LogP contribution in [-0.2, 0) is 4.74 Å². The van der Waals surface area contributed by atoms with Gasteiger partial charge >= 0.3 is 11.9 Å². The largest absolute Gasteiger partial charge is 0.494 e. The molecule has 0 aromatic heterocycles. The van der Waals surface area contributed by atoms with Crippen LogP contribution in [0.25, 0.3) is 11.1 Å². The lowest BCUT2D eigenvalue weighted by atomic mass is 10.0. The van der Waals surface area contributed by atoms with Gasteiger partial charge in [-0.1, -0.05) is 95.2 Å². The Bertz CT molecular complexity index is 1150. The van der Waals surface area contributed by atoms with Gasteiger partial charge in [-0.2, -0.15) is 0 Å². The molecule has 3 rings (SSSR count). The summed E-state index contributed by atoms with van der Waals surface area (Å²) in [5.74, 6) is 0.0382. The number of hydrogen-bond acceptors (Lipinski definition) is 5. The van der Waals surface area contributed by atoms with Crippen LogP contribution in [0.4, 0.5) is 0 Å². The van der Waals surface area contributed by atoms with Crippen LogP contribution in [0.5, 0.6) is 11.5 Å². The fourth-order valence-corrected chi connectivity index (χ4v) is 4.29. The van der Waals surface area contributed by atoms with Crippen LogP contribution >= 0.6 is 0 Å². The van der Waals surface area contributed by atoms with Crippen LogP contribution < -0.4 is 9.47 Å². The SMILES string of the molecule is CCCCCCCCOc1ccc(-c2ccc(C(=O)Oc3ccccc3C(=O)OC(C)CCCC)cc2)cc1. The minimum Gasteiger partial charge on any atom is -0.494 e. The second-order valence-corrected chi connectivity index (χ2v) is 9.96. The van der Waals surface area contributed by atoms with E-state index in [1.807, 2.05) is 43.3 Å². The first-order chi connectivity index (χ1) is 19.0. The highest BCUT2D eigenvalue weighted by Gasteiger charge is 2.19. The van der Waals surface area contributed by atoms with Crippen LogP contribution in [0.2, 0.25) is 0 Å². The molecule has 0 aliphatic carbocycles. The number of unbranched alkanes of at least 4 members (excludes halogenated alkanes) is 6. The lowest BCUT2D eigenvalue weighted by molar-refractivity contribution is 0.0316. The summed E-state index contributed by atoms with van der Waals surface area (Å²) in [6.45, 7) is 6.94. The predicted octanol–water partition coefficient (Wildman–Crippen LogP) is 9.05. The first-order valence-electron chi connectivity index (χ1n) is 14.4. The normalized spacial score (nSPS) is 11.6. The number of hydrogen-bond donors (Lipinski definition) is 0. The number of carbonyl (C=O) groups is 2. The highest BCUT2D eigenvalue weighted by Crippen LogP contribution is 2.25. The topological polar surface area (TPSA) is 61.8 Å². The number of ether oxygens (including phenoxy) is 3. The Morgan fingerprint density at radius 1 is 0.692 bits per heavy atom. The van der Waals surface area contributed by atoms with E-state index in [0.29, 0.717) is 5.56 Å². The monoisotopic (exact) mass is 530 g/mol. The number of esters is 2. The van der Waals surface area contributed by atoms with E-state index in [2.05, 4.69) is 13.8 Å². The molecule has 3 aromatic carbocycles. The van der Waals surface area contributed by atoms with Crippen LogP contribution in [-0.4, -0.2) is 24.6 Å². The van der Waals surface area contributed by atoms with E-state index >= 15 is 0 Å². The Labute approximate surface area is 233 Å². The van der Waals surface area contributed by atoms with E-state index in [-0.39, 0.29) is 17.4 Å². The fourth-order valence-electron chi connectivity index (χ4n) is 4.29. The fraction of sp³-hybridized carbons (Fsp3) is 0.412. The van der Waals surface area contributed by atoms with Gasteiger partial charge < -0.3 is 14.2 Å². The average molecular weight is 531 g/mol. The third-order valence-corrected chi connectivity index (χ3v) is 6.66. The van der Waals surface area contributed by atoms with E-state index in [4.69, 9.17) is 14.2 Å². The minimum atomic E-state index is -0.528. The number of carbonyl (C=O) groups excluding carboxylic acids is 2. The van der Waals surface area contributed by atoms with Crippen LogP contribution in [0.1, 0.15) is 99.3 Å². The molecule has 3 aromatic rings. The second-order valence-electron chi connectivity index (χ2n) is 9.96. The number of benzene rings is 3. The highest BCUT2D eigenvalue weighted by atomic mass is 16.6. The Morgan fingerprint density at radius 3 is 2.00 bits per heavy atom. The summed E-state index contributed by atoms with van der Waals surface area (Å²) >= 11 is 0. The third-order valence-electron chi connectivity index (χ3n) is 6.66. The molecule has 5 heteroatoms. The molecule has 0 N–H and O–H groups in total. The second kappa shape index (κ2) is 16.4. The predicted molar refractivity (Wildman–Crippen MR) is 157 cm³/mol. The van der Waals surface area contributed by atoms with E-state index < -0.39 is 11.9 Å². The maximum Gasteiger partial charge on any atom is 0.343 e. The van der Waals surface area contributed by atoms with Crippen molar-refractivity contribution in [2.24, 2.45) is 0 Å². The molecule has 0 spiro atoms. The third kappa shape index (κ3) is 9.90. The molecule has 1 atom stereocenters. The molecule has 0 amide bonds. The Hall–Kier alpha value is -3.60. The summed E-state index contributed by atoms with van der Waals surface area (Å²) in [7, 11) is 0. The van der Waals surface area contributed by atoms with Gasteiger partial charge in [0.05, 0.1) is 18.3 Å². The van der Waals surface area contributed by atoms with Gasteiger partial charge in [-0.05, 0) is 67.3 Å². The zero-order valence-corrected chi connectivity index (χ0v) is 23.6. The first kappa shape index (κ1) is 29.9. The molecular weight excluding hydrogens is 488 g/mol. The molecule has 208 valence electrons. The zero-order valence-electron chi connectivity index (χ0n) is 23.6. The van der Waals surface area contributed by atoms with E-state index in [9.17, 15) is 9.59 Å². The quantitative estimate of drug-likeness (QED) is 0.105. The van der Waals surface area contributed by atoms with Gasteiger partial charge in [0.25, 0.3) is 0 Å². The van der Waals surface area contributed by atoms with Gasteiger partial charge in [-0.25, -0.2) is 9.59 Å². The smallest absolute Gasteiger partial charge is 0.343 e. The van der Waals surface area contributed by atoms with Crippen molar-refractivity contribution in [3.05, 3.63) is 83.9 Å². The van der Waals surface area contributed by atoms with Crippen molar-refractivity contribution in [3.63, 3.8) is 0 Å². The molecule has 0 saturated carbocycles. The lowest BCUT2D eigenvalue weighted by Gasteiger charge is -2.14. The minimum absolute atomic E-state index is 0.191. The average Bonchev–Trinajstić information content (AvgIpc) is 2.96. The molecule has 0 saturated heterocycles. The molecular formula is C34H42O5. The first-order valence-corrected chi connectivity index (χ1v) is 14.4. The van der Waals surface area contributed by atoms with E-state index in [0.717, 1.165) is 49.2 Å². The van der Waals surface area contributed by atoms with Crippen molar-refractivity contribution >= 4 is 11.9 Å². The van der Waals surface area contributed by atoms with Gasteiger partial charge in [0.1, 0.15) is 17.1 Å². The summed E-state index contributed by atoms with van der Waals surface area (Å²) in [6.07, 6.45) is 10.1. The van der Waals surface area contributed by atoms with Crippen LogP contribution in [0.3, 0.4) is 0 Å². The molecule has 0 aliphatic rings. The standard InChI is InChI=1S/C34H42O5/c1-4-6-8-9-10-13-25-37-30-23-21-28(22-24-30)27-17-19-29(20-18-27)33(35)39-32-16-12-11-15-31(32)34(36)38-26(3)14-7-5-2/h11-12,15-24,26H,4-10,13-14,25H2,1-3H3. The summed E-state index contributed by atoms with van der Waals surface area (Å²) in [6, 6.07) is 21.9. The summed E-state index contributed by atoms with van der Waals surface area (Å²) in [4.78, 5) is 25.5.